The SMILES string of the molecule is O=C(O)[C@@H]1CC[C@H](C(=O)N2CCC(COc3ccccc3)CC2)C1. The zero-order valence-corrected chi connectivity index (χ0v) is 13.9. The van der Waals surface area contributed by atoms with Gasteiger partial charge in [-0.3, -0.25) is 9.59 Å². The van der Waals surface area contributed by atoms with Gasteiger partial charge in [-0.1, -0.05) is 18.2 Å². The third kappa shape index (κ3) is 4.08. The minimum atomic E-state index is -0.762. The van der Waals surface area contributed by atoms with Crippen LogP contribution in [0.5, 0.6) is 5.75 Å². The van der Waals surface area contributed by atoms with Gasteiger partial charge in [-0.25, -0.2) is 0 Å². The topological polar surface area (TPSA) is 66.8 Å². The summed E-state index contributed by atoms with van der Waals surface area (Å²) in [6.45, 7) is 2.21. The highest BCUT2D eigenvalue weighted by atomic mass is 16.5. The quantitative estimate of drug-likeness (QED) is 0.901. The molecule has 1 saturated carbocycles. The first-order valence-electron chi connectivity index (χ1n) is 8.83. The van der Waals surface area contributed by atoms with Crippen LogP contribution in [0.2, 0.25) is 0 Å². The molecule has 5 nitrogen and oxygen atoms in total. The normalized spacial score (nSPS) is 24.8. The molecule has 2 atom stereocenters. The summed E-state index contributed by atoms with van der Waals surface area (Å²) in [6.07, 6.45) is 3.76. The van der Waals surface area contributed by atoms with Crippen molar-refractivity contribution in [2.24, 2.45) is 17.8 Å². The molecular formula is C19H25NO4. The Morgan fingerprint density at radius 2 is 1.71 bits per heavy atom. The average Bonchev–Trinajstić information content (AvgIpc) is 3.11. The maximum Gasteiger partial charge on any atom is 0.306 e. The predicted octanol–water partition coefficient (Wildman–Crippen LogP) is 2.80. The van der Waals surface area contributed by atoms with Gasteiger partial charge in [0, 0.05) is 19.0 Å². The van der Waals surface area contributed by atoms with E-state index in [-0.39, 0.29) is 17.7 Å². The summed E-state index contributed by atoms with van der Waals surface area (Å²) in [6, 6.07) is 9.80. The summed E-state index contributed by atoms with van der Waals surface area (Å²) in [5, 5.41) is 9.07. The van der Waals surface area contributed by atoms with Crippen LogP contribution in [0.1, 0.15) is 32.1 Å². The smallest absolute Gasteiger partial charge is 0.306 e. The maximum absolute atomic E-state index is 12.6. The van der Waals surface area contributed by atoms with Crippen LogP contribution in [0.4, 0.5) is 0 Å². The van der Waals surface area contributed by atoms with Crippen molar-refractivity contribution in [2.75, 3.05) is 19.7 Å². The van der Waals surface area contributed by atoms with E-state index in [0.717, 1.165) is 31.7 Å². The molecule has 3 rings (SSSR count). The lowest BCUT2D eigenvalue weighted by Crippen LogP contribution is -2.42. The van der Waals surface area contributed by atoms with Gasteiger partial charge in [0.1, 0.15) is 5.75 Å². The van der Waals surface area contributed by atoms with E-state index in [1.807, 2.05) is 35.2 Å². The molecule has 0 aromatic heterocycles. The van der Waals surface area contributed by atoms with Gasteiger partial charge in [0.15, 0.2) is 0 Å². The molecular weight excluding hydrogens is 306 g/mol. The molecule has 1 heterocycles. The van der Waals surface area contributed by atoms with E-state index in [1.54, 1.807) is 0 Å². The van der Waals surface area contributed by atoms with E-state index in [9.17, 15) is 9.59 Å². The molecule has 0 unspecified atom stereocenters. The second-order valence-electron chi connectivity index (χ2n) is 6.94. The van der Waals surface area contributed by atoms with Gasteiger partial charge in [0.05, 0.1) is 12.5 Å². The first-order valence-corrected chi connectivity index (χ1v) is 8.83. The van der Waals surface area contributed by atoms with Crippen molar-refractivity contribution >= 4 is 11.9 Å². The van der Waals surface area contributed by atoms with E-state index in [0.29, 0.717) is 31.8 Å². The van der Waals surface area contributed by atoms with Crippen LogP contribution in [0.3, 0.4) is 0 Å². The Morgan fingerprint density at radius 3 is 2.33 bits per heavy atom. The highest BCUT2D eigenvalue weighted by molar-refractivity contribution is 5.81. The van der Waals surface area contributed by atoms with Crippen LogP contribution in [0.15, 0.2) is 30.3 Å². The molecule has 1 aliphatic carbocycles. The van der Waals surface area contributed by atoms with Gasteiger partial charge >= 0.3 is 5.97 Å². The number of piperidine rings is 1. The molecule has 1 amide bonds. The number of rotatable bonds is 5. The Labute approximate surface area is 142 Å². The molecule has 2 aliphatic rings. The summed E-state index contributed by atoms with van der Waals surface area (Å²) in [4.78, 5) is 25.5. The van der Waals surface area contributed by atoms with Crippen molar-refractivity contribution in [3.05, 3.63) is 30.3 Å². The second kappa shape index (κ2) is 7.69. The lowest BCUT2D eigenvalue weighted by Gasteiger charge is -2.33. The Bertz CT molecular complexity index is 566. The van der Waals surface area contributed by atoms with Gasteiger partial charge in [-0.05, 0) is 50.2 Å². The van der Waals surface area contributed by atoms with Crippen molar-refractivity contribution in [1.29, 1.82) is 0 Å². The van der Waals surface area contributed by atoms with Crippen molar-refractivity contribution in [3.63, 3.8) is 0 Å². The molecule has 130 valence electrons. The lowest BCUT2D eigenvalue weighted by molar-refractivity contribution is -0.141. The molecule has 5 heteroatoms. The molecule has 1 N–H and O–H groups in total. The molecule has 1 aromatic rings. The number of benzene rings is 1. The number of carboxylic acid groups (broad SMARTS) is 1. The number of hydrogen-bond acceptors (Lipinski definition) is 3. The number of para-hydroxylation sites is 1. The van der Waals surface area contributed by atoms with Crippen LogP contribution in [0.25, 0.3) is 0 Å². The Kier molecular flexibility index (Phi) is 5.38. The van der Waals surface area contributed by atoms with Crippen molar-refractivity contribution in [3.8, 4) is 5.75 Å². The Hall–Kier alpha value is -2.04. The zero-order chi connectivity index (χ0) is 16.9. The Morgan fingerprint density at radius 1 is 1.04 bits per heavy atom. The van der Waals surface area contributed by atoms with E-state index in [1.165, 1.54) is 0 Å². The summed E-state index contributed by atoms with van der Waals surface area (Å²) in [5.74, 6) is 0.327. The predicted molar refractivity (Wildman–Crippen MR) is 89.7 cm³/mol. The average molecular weight is 331 g/mol. The van der Waals surface area contributed by atoms with Crippen LogP contribution in [-0.2, 0) is 9.59 Å². The molecule has 0 spiro atoms. The van der Waals surface area contributed by atoms with Gasteiger partial charge in [-0.15, -0.1) is 0 Å². The molecule has 24 heavy (non-hydrogen) atoms. The molecule has 2 fully saturated rings. The molecule has 0 radical (unpaired) electrons. The van der Waals surface area contributed by atoms with E-state index < -0.39 is 5.97 Å². The van der Waals surface area contributed by atoms with Crippen molar-refractivity contribution < 1.29 is 19.4 Å². The fourth-order valence-electron chi connectivity index (χ4n) is 3.74. The van der Waals surface area contributed by atoms with Crippen LogP contribution in [0, 0.1) is 17.8 Å². The zero-order valence-electron chi connectivity index (χ0n) is 13.9. The lowest BCUT2D eigenvalue weighted by atomic mass is 9.95. The standard InChI is InChI=1S/C19H25NO4/c21-18(15-6-7-16(12-15)19(22)23)20-10-8-14(9-11-20)13-24-17-4-2-1-3-5-17/h1-5,14-16H,6-13H2,(H,22,23)/t15-,16+/m0/s1. The summed E-state index contributed by atoms with van der Waals surface area (Å²) in [7, 11) is 0. The number of carboxylic acids is 1. The van der Waals surface area contributed by atoms with E-state index >= 15 is 0 Å². The molecule has 0 bridgehead atoms. The highest BCUT2D eigenvalue weighted by Gasteiger charge is 2.36. The number of amides is 1. The fraction of sp³-hybridized carbons (Fsp3) is 0.579. The first kappa shape index (κ1) is 16.8. The second-order valence-corrected chi connectivity index (χ2v) is 6.94. The number of likely N-dealkylation sites (tertiary alicyclic amines) is 1. The fourth-order valence-corrected chi connectivity index (χ4v) is 3.74. The maximum atomic E-state index is 12.6. The number of nitrogens with zero attached hydrogens (tertiary/aromatic N) is 1. The summed E-state index contributed by atoms with van der Waals surface area (Å²) < 4.78 is 5.81. The third-order valence-corrected chi connectivity index (χ3v) is 5.29. The minimum absolute atomic E-state index is 0.0942. The first-order chi connectivity index (χ1) is 11.6. The van der Waals surface area contributed by atoms with Crippen LogP contribution < -0.4 is 4.74 Å². The molecule has 1 saturated heterocycles. The summed E-state index contributed by atoms with van der Waals surface area (Å²) in [5.41, 5.74) is 0. The van der Waals surface area contributed by atoms with Gasteiger partial charge in [0.25, 0.3) is 0 Å². The highest BCUT2D eigenvalue weighted by Crippen LogP contribution is 2.33. The minimum Gasteiger partial charge on any atom is -0.493 e. The van der Waals surface area contributed by atoms with Crippen LogP contribution in [-0.4, -0.2) is 41.6 Å². The number of ether oxygens (including phenoxy) is 1. The van der Waals surface area contributed by atoms with E-state index in [4.69, 9.17) is 9.84 Å². The van der Waals surface area contributed by atoms with Gasteiger partial charge in [0.2, 0.25) is 5.91 Å². The molecule has 1 aliphatic heterocycles. The van der Waals surface area contributed by atoms with Gasteiger partial charge in [-0.2, -0.15) is 0 Å². The van der Waals surface area contributed by atoms with Crippen molar-refractivity contribution in [1.82, 2.24) is 4.90 Å². The van der Waals surface area contributed by atoms with Crippen molar-refractivity contribution in [2.45, 2.75) is 32.1 Å². The van der Waals surface area contributed by atoms with Crippen LogP contribution >= 0.6 is 0 Å². The largest absolute Gasteiger partial charge is 0.493 e. The Balaban J connectivity index is 1.42. The number of carbonyl (C=O) groups excluding carboxylic acids is 1. The number of aliphatic carboxylic acids is 1. The van der Waals surface area contributed by atoms with E-state index in [2.05, 4.69) is 0 Å². The number of carbonyl (C=O) groups is 2. The third-order valence-electron chi connectivity index (χ3n) is 5.29. The molecule has 1 aromatic carbocycles. The summed E-state index contributed by atoms with van der Waals surface area (Å²) >= 11 is 0. The van der Waals surface area contributed by atoms with Gasteiger partial charge < -0.3 is 14.7 Å². The number of hydrogen-bond donors (Lipinski definition) is 1. The monoisotopic (exact) mass is 331 g/mol.